The van der Waals surface area contributed by atoms with Gasteiger partial charge in [0.05, 0.1) is 12.9 Å². The number of nitrogens with one attached hydrogen (secondary N) is 1. The molecule has 1 fully saturated rings. The molecule has 0 atom stereocenters. The summed E-state index contributed by atoms with van der Waals surface area (Å²) in [5.74, 6) is 2.84. The summed E-state index contributed by atoms with van der Waals surface area (Å²) in [5.41, 5.74) is 2.52. The number of likely N-dealkylation sites (tertiary alicyclic amines) is 1. The first-order valence-electron chi connectivity index (χ1n) is 9.79. The van der Waals surface area contributed by atoms with E-state index >= 15 is 0 Å². The van der Waals surface area contributed by atoms with Gasteiger partial charge in [0.15, 0.2) is 0 Å². The predicted molar refractivity (Wildman–Crippen MR) is 103 cm³/mol. The van der Waals surface area contributed by atoms with Gasteiger partial charge in [-0.2, -0.15) is 0 Å². The molecule has 1 N–H and O–H groups in total. The van der Waals surface area contributed by atoms with Crippen LogP contribution in [0.25, 0.3) is 5.69 Å². The third kappa shape index (κ3) is 3.40. The summed E-state index contributed by atoms with van der Waals surface area (Å²) in [6.07, 6.45) is 7.94. The molecule has 2 aliphatic heterocycles. The standard InChI is InChI=1S/C20H25N7/c1-3-18(26-11-7-22-15-26)4-2-16(1)14-25-9-5-17(6-10-25)20-24-23-19-13-21-8-12-27(19)20/h1-4,7,11,15,17,21H,5-6,8-10,12-14H2. The Labute approximate surface area is 159 Å². The van der Waals surface area contributed by atoms with Crippen LogP contribution in [-0.2, 0) is 19.6 Å². The molecule has 3 aromatic rings. The normalized spacial score (nSPS) is 18.5. The number of imidazole rings is 1. The number of rotatable bonds is 4. The summed E-state index contributed by atoms with van der Waals surface area (Å²) in [7, 11) is 0. The van der Waals surface area contributed by atoms with Crippen LogP contribution in [0, 0.1) is 0 Å². The molecule has 140 valence electrons. The van der Waals surface area contributed by atoms with Crippen molar-refractivity contribution in [3.8, 4) is 5.69 Å². The molecule has 4 heterocycles. The molecule has 2 aromatic heterocycles. The second-order valence-electron chi connectivity index (χ2n) is 7.49. The molecule has 7 nitrogen and oxygen atoms in total. The lowest BCUT2D eigenvalue weighted by Gasteiger charge is -2.32. The maximum absolute atomic E-state index is 4.51. The zero-order valence-corrected chi connectivity index (χ0v) is 15.5. The molecule has 0 aliphatic carbocycles. The third-order valence-electron chi connectivity index (χ3n) is 5.75. The molecule has 27 heavy (non-hydrogen) atoms. The van der Waals surface area contributed by atoms with Crippen molar-refractivity contribution in [3.63, 3.8) is 0 Å². The maximum atomic E-state index is 4.51. The van der Waals surface area contributed by atoms with E-state index in [1.807, 2.05) is 17.1 Å². The fourth-order valence-electron chi connectivity index (χ4n) is 4.21. The van der Waals surface area contributed by atoms with E-state index in [1.165, 1.54) is 24.2 Å². The Bertz CT molecular complexity index is 874. The van der Waals surface area contributed by atoms with Crippen molar-refractivity contribution in [1.82, 2.24) is 34.5 Å². The van der Waals surface area contributed by atoms with Gasteiger partial charge in [0.25, 0.3) is 0 Å². The average Bonchev–Trinajstić information content (AvgIpc) is 3.39. The molecule has 5 rings (SSSR count). The van der Waals surface area contributed by atoms with Gasteiger partial charge in [-0.25, -0.2) is 4.98 Å². The van der Waals surface area contributed by atoms with Crippen LogP contribution >= 0.6 is 0 Å². The molecule has 0 amide bonds. The molecule has 1 aromatic carbocycles. The van der Waals surface area contributed by atoms with Gasteiger partial charge in [0.1, 0.15) is 11.6 Å². The fourth-order valence-corrected chi connectivity index (χ4v) is 4.21. The first kappa shape index (κ1) is 16.6. The van der Waals surface area contributed by atoms with Crippen LogP contribution in [0.3, 0.4) is 0 Å². The van der Waals surface area contributed by atoms with E-state index < -0.39 is 0 Å². The van der Waals surface area contributed by atoms with E-state index in [-0.39, 0.29) is 0 Å². The highest BCUT2D eigenvalue weighted by atomic mass is 15.3. The van der Waals surface area contributed by atoms with Crippen molar-refractivity contribution in [1.29, 1.82) is 0 Å². The summed E-state index contributed by atoms with van der Waals surface area (Å²) in [5, 5.41) is 12.3. The van der Waals surface area contributed by atoms with Crippen LogP contribution in [0.2, 0.25) is 0 Å². The minimum absolute atomic E-state index is 0.546. The second kappa shape index (κ2) is 7.25. The van der Waals surface area contributed by atoms with Gasteiger partial charge >= 0.3 is 0 Å². The van der Waals surface area contributed by atoms with Gasteiger partial charge in [-0.1, -0.05) is 12.1 Å². The summed E-state index contributed by atoms with van der Waals surface area (Å²) in [6, 6.07) is 8.78. The highest BCUT2D eigenvalue weighted by Crippen LogP contribution is 2.28. The van der Waals surface area contributed by atoms with Crippen molar-refractivity contribution in [2.24, 2.45) is 0 Å². The van der Waals surface area contributed by atoms with Gasteiger partial charge in [-0.05, 0) is 43.6 Å². The number of piperidine rings is 1. The molecule has 0 radical (unpaired) electrons. The van der Waals surface area contributed by atoms with Gasteiger partial charge in [-0.3, -0.25) is 4.90 Å². The Morgan fingerprint density at radius 2 is 1.89 bits per heavy atom. The molecule has 0 saturated carbocycles. The minimum atomic E-state index is 0.546. The Hall–Kier alpha value is -2.51. The molecule has 0 bridgehead atoms. The van der Waals surface area contributed by atoms with Crippen LogP contribution in [0.5, 0.6) is 0 Å². The summed E-state index contributed by atoms with van der Waals surface area (Å²) < 4.78 is 4.37. The van der Waals surface area contributed by atoms with Crippen molar-refractivity contribution >= 4 is 0 Å². The van der Waals surface area contributed by atoms with Gasteiger partial charge in [0, 0.05) is 43.6 Å². The van der Waals surface area contributed by atoms with Crippen molar-refractivity contribution in [2.45, 2.75) is 38.4 Å². The van der Waals surface area contributed by atoms with E-state index in [0.717, 1.165) is 50.8 Å². The number of aromatic nitrogens is 5. The number of nitrogens with zero attached hydrogens (tertiary/aromatic N) is 6. The zero-order valence-electron chi connectivity index (χ0n) is 15.5. The van der Waals surface area contributed by atoms with Crippen LogP contribution in [-0.4, -0.2) is 48.8 Å². The third-order valence-corrected chi connectivity index (χ3v) is 5.75. The highest BCUT2D eigenvalue weighted by Gasteiger charge is 2.26. The summed E-state index contributed by atoms with van der Waals surface area (Å²) >= 11 is 0. The first-order valence-corrected chi connectivity index (χ1v) is 9.79. The quantitative estimate of drug-likeness (QED) is 0.768. The van der Waals surface area contributed by atoms with E-state index in [1.54, 1.807) is 6.20 Å². The molecule has 0 unspecified atom stereocenters. The predicted octanol–water partition coefficient (Wildman–Crippen LogP) is 1.95. The number of hydrogen-bond donors (Lipinski definition) is 1. The monoisotopic (exact) mass is 363 g/mol. The van der Waals surface area contributed by atoms with E-state index in [0.29, 0.717) is 5.92 Å². The molecule has 0 spiro atoms. The van der Waals surface area contributed by atoms with E-state index in [2.05, 4.69) is 54.2 Å². The van der Waals surface area contributed by atoms with Gasteiger partial charge in [-0.15, -0.1) is 10.2 Å². The van der Waals surface area contributed by atoms with Crippen LogP contribution in [0.1, 0.15) is 36.0 Å². The Morgan fingerprint density at radius 3 is 2.67 bits per heavy atom. The average molecular weight is 363 g/mol. The van der Waals surface area contributed by atoms with Gasteiger partial charge < -0.3 is 14.5 Å². The fraction of sp³-hybridized carbons (Fsp3) is 0.450. The molecule has 2 aliphatic rings. The Morgan fingerprint density at radius 1 is 1.04 bits per heavy atom. The maximum Gasteiger partial charge on any atom is 0.147 e. The smallest absolute Gasteiger partial charge is 0.147 e. The highest BCUT2D eigenvalue weighted by molar-refractivity contribution is 5.34. The first-order chi connectivity index (χ1) is 13.4. The van der Waals surface area contributed by atoms with Gasteiger partial charge in [0.2, 0.25) is 0 Å². The number of benzene rings is 1. The van der Waals surface area contributed by atoms with Crippen LogP contribution < -0.4 is 5.32 Å². The van der Waals surface area contributed by atoms with Crippen LogP contribution in [0.15, 0.2) is 43.0 Å². The van der Waals surface area contributed by atoms with Crippen molar-refractivity contribution in [2.75, 3.05) is 19.6 Å². The lowest BCUT2D eigenvalue weighted by Crippen LogP contribution is -2.34. The minimum Gasteiger partial charge on any atom is -0.312 e. The van der Waals surface area contributed by atoms with Crippen molar-refractivity contribution in [3.05, 3.63) is 60.2 Å². The number of fused-ring (bicyclic) bond motifs is 1. The molecule has 7 heteroatoms. The largest absolute Gasteiger partial charge is 0.312 e. The van der Waals surface area contributed by atoms with Crippen LogP contribution in [0.4, 0.5) is 0 Å². The van der Waals surface area contributed by atoms with E-state index in [4.69, 9.17) is 0 Å². The Balaban J connectivity index is 1.19. The van der Waals surface area contributed by atoms with Crippen molar-refractivity contribution < 1.29 is 0 Å². The number of hydrogen-bond acceptors (Lipinski definition) is 5. The summed E-state index contributed by atoms with van der Waals surface area (Å²) in [4.78, 5) is 6.66. The topological polar surface area (TPSA) is 63.8 Å². The Kier molecular flexibility index (Phi) is 4.47. The lowest BCUT2D eigenvalue weighted by molar-refractivity contribution is 0.199. The van der Waals surface area contributed by atoms with E-state index in [9.17, 15) is 0 Å². The molecule has 1 saturated heterocycles. The molecular formula is C20H25N7. The molecular weight excluding hydrogens is 338 g/mol. The lowest BCUT2D eigenvalue weighted by atomic mass is 9.95. The summed E-state index contributed by atoms with van der Waals surface area (Å²) in [6.45, 7) is 6.12. The second-order valence-corrected chi connectivity index (χ2v) is 7.49. The zero-order chi connectivity index (χ0) is 18.1. The SMILES string of the molecule is c1cn(-c2ccc(CN3CCC(c4nnc5n4CCNC5)CC3)cc2)cn1.